The van der Waals surface area contributed by atoms with Gasteiger partial charge in [0.15, 0.2) is 6.61 Å². The summed E-state index contributed by atoms with van der Waals surface area (Å²) in [6, 6.07) is 0. The highest BCUT2D eigenvalue weighted by atomic mass is 16.5. The van der Waals surface area contributed by atoms with E-state index in [1.807, 2.05) is 0 Å². The maximum Gasteiger partial charge on any atom is 0.320 e. The molecule has 3 heteroatoms. The minimum atomic E-state index is -0.469. The van der Waals surface area contributed by atoms with Gasteiger partial charge < -0.3 is 10.5 Å². The van der Waals surface area contributed by atoms with Gasteiger partial charge >= 0.3 is 5.97 Å². The molecule has 0 bridgehead atoms. The van der Waals surface area contributed by atoms with Gasteiger partial charge in [0.05, 0.1) is 6.54 Å². The zero-order valence-corrected chi connectivity index (χ0v) is 4.39. The summed E-state index contributed by atoms with van der Waals surface area (Å²) >= 11 is 0. The van der Waals surface area contributed by atoms with Crippen LogP contribution in [0, 0.1) is 12.3 Å². The van der Waals surface area contributed by atoms with E-state index in [9.17, 15) is 4.79 Å². The first kappa shape index (κ1) is 6.99. The van der Waals surface area contributed by atoms with E-state index >= 15 is 0 Å². The van der Waals surface area contributed by atoms with Crippen LogP contribution >= 0.6 is 0 Å². The zero-order chi connectivity index (χ0) is 6.41. The molecule has 0 aromatic heterocycles. The van der Waals surface area contributed by atoms with E-state index < -0.39 is 5.97 Å². The first-order valence-electron chi connectivity index (χ1n) is 2.10. The second-order valence-electron chi connectivity index (χ2n) is 1.07. The average Bonchev–Trinajstić information content (AvgIpc) is 1.83. The Morgan fingerprint density at radius 3 is 2.88 bits per heavy atom. The van der Waals surface area contributed by atoms with Gasteiger partial charge in [0.25, 0.3) is 0 Å². The van der Waals surface area contributed by atoms with Crippen molar-refractivity contribution in [3.8, 4) is 12.3 Å². The fraction of sp³-hybridized carbons (Fsp3) is 0.400. The van der Waals surface area contributed by atoms with Gasteiger partial charge in [-0.2, -0.15) is 0 Å². The Balaban J connectivity index is 3.15. The van der Waals surface area contributed by atoms with Crippen LogP contribution in [-0.2, 0) is 9.53 Å². The standard InChI is InChI=1S/C5H7NO2/c1-2-3-8-5(7)4-6/h1H,3-4,6H2. The maximum absolute atomic E-state index is 10.1. The van der Waals surface area contributed by atoms with E-state index in [1.54, 1.807) is 0 Å². The summed E-state index contributed by atoms with van der Waals surface area (Å²) in [5.41, 5.74) is 4.87. The molecule has 0 aliphatic rings. The lowest BCUT2D eigenvalue weighted by Gasteiger charge is -1.93. The van der Waals surface area contributed by atoms with Crippen LogP contribution < -0.4 is 5.73 Å². The largest absolute Gasteiger partial charge is 0.452 e. The van der Waals surface area contributed by atoms with Gasteiger partial charge in [-0.1, -0.05) is 5.92 Å². The smallest absolute Gasteiger partial charge is 0.320 e. The third-order valence-electron chi connectivity index (χ3n) is 0.483. The van der Waals surface area contributed by atoms with E-state index in [0.29, 0.717) is 0 Å². The second-order valence-corrected chi connectivity index (χ2v) is 1.07. The molecule has 0 atom stereocenters. The van der Waals surface area contributed by atoms with Crippen LogP contribution in [0.1, 0.15) is 0 Å². The molecule has 0 fully saturated rings. The quantitative estimate of drug-likeness (QED) is 0.374. The van der Waals surface area contributed by atoms with Crippen molar-refractivity contribution in [1.82, 2.24) is 0 Å². The number of ether oxygens (including phenoxy) is 1. The molecule has 8 heavy (non-hydrogen) atoms. The Labute approximate surface area is 47.8 Å². The molecule has 0 amide bonds. The van der Waals surface area contributed by atoms with Crippen LogP contribution in [0.4, 0.5) is 0 Å². The van der Waals surface area contributed by atoms with Crippen LogP contribution in [0.25, 0.3) is 0 Å². The molecule has 3 nitrogen and oxygen atoms in total. The molecule has 0 aliphatic heterocycles. The van der Waals surface area contributed by atoms with Crippen LogP contribution in [-0.4, -0.2) is 19.1 Å². The number of hydrogen-bond acceptors (Lipinski definition) is 3. The number of carbonyl (C=O) groups is 1. The van der Waals surface area contributed by atoms with Gasteiger partial charge in [-0.15, -0.1) is 6.42 Å². The summed E-state index contributed by atoms with van der Waals surface area (Å²) in [5, 5.41) is 0. The number of nitrogens with two attached hydrogens (primary N) is 1. The van der Waals surface area contributed by atoms with E-state index in [1.165, 1.54) is 0 Å². The summed E-state index contributed by atoms with van der Waals surface area (Å²) in [7, 11) is 0. The summed E-state index contributed by atoms with van der Waals surface area (Å²) in [6.07, 6.45) is 4.76. The van der Waals surface area contributed by atoms with Gasteiger partial charge in [-0.25, -0.2) is 0 Å². The summed E-state index contributed by atoms with van der Waals surface area (Å²) in [6.45, 7) is -0.0995. The van der Waals surface area contributed by atoms with Crippen LogP contribution in [0.3, 0.4) is 0 Å². The van der Waals surface area contributed by atoms with Crippen molar-refractivity contribution in [1.29, 1.82) is 0 Å². The van der Waals surface area contributed by atoms with Gasteiger partial charge in [0, 0.05) is 0 Å². The minimum Gasteiger partial charge on any atom is -0.452 e. The third-order valence-corrected chi connectivity index (χ3v) is 0.483. The van der Waals surface area contributed by atoms with E-state index in [4.69, 9.17) is 12.2 Å². The van der Waals surface area contributed by atoms with Crippen molar-refractivity contribution in [2.24, 2.45) is 5.73 Å². The van der Waals surface area contributed by atoms with E-state index in [0.717, 1.165) is 0 Å². The molecule has 0 heterocycles. The first-order valence-corrected chi connectivity index (χ1v) is 2.10. The van der Waals surface area contributed by atoms with Gasteiger partial charge in [0.2, 0.25) is 0 Å². The van der Waals surface area contributed by atoms with Crippen molar-refractivity contribution in [2.45, 2.75) is 0 Å². The Hall–Kier alpha value is -1.01. The topological polar surface area (TPSA) is 52.3 Å². The number of hydrogen-bond donors (Lipinski definition) is 1. The predicted molar refractivity (Wildman–Crippen MR) is 28.8 cm³/mol. The average molecular weight is 113 g/mol. The fourth-order valence-electron chi connectivity index (χ4n) is 0.181. The maximum atomic E-state index is 10.1. The van der Waals surface area contributed by atoms with Gasteiger partial charge in [-0.05, 0) is 0 Å². The molecule has 0 spiro atoms. The minimum absolute atomic E-state index is 0.00995. The lowest BCUT2D eigenvalue weighted by molar-refractivity contribution is -0.140. The van der Waals surface area contributed by atoms with E-state index in [2.05, 4.69) is 10.7 Å². The Morgan fingerprint density at radius 1 is 1.88 bits per heavy atom. The monoisotopic (exact) mass is 113 g/mol. The molecule has 2 N–H and O–H groups in total. The Morgan fingerprint density at radius 2 is 2.50 bits per heavy atom. The molecule has 0 saturated heterocycles. The number of esters is 1. The fourth-order valence-corrected chi connectivity index (χ4v) is 0.181. The molecular weight excluding hydrogens is 106 g/mol. The van der Waals surface area contributed by atoms with Crippen molar-refractivity contribution in [3.63, 3.8) is 0 Å². The van der Waals surface area contributed by atoms with Crippen molar-refractivity contribution < 1.29 is 9.53 Å². The predicted octanol–water partition coefficient (Wildman–Crippen LogP) is -0.879. The highest BCUT2D eigenvalue weighted by molar-refractivity contribution is 5.71. The lowest BCUT2D eigenvalue weighted by atomic mass is 10.7. The second kappa shape index (κ2) is 4.16. The van der Waals surface area contributed by atoms with Crippen molar-refractivity contribution in [3.05, 3.63) is 0 Å². The molecule has 0 rings (SSSR count). The normalized spacial score (nSPS) is 7.50. The van der Waals surface area contributed by atoms with Crippen LogP contribution in [0.5, 0.6) is 0 Å². The SMILES string of the molecule is C#CCOC(=O)CN. The van der Waals surface area contributed by atoms with Crippen molar-refractivity contribution in [2.75, 3.05) is 13.2 Å². The zero-order valence-electron chi connectivity index (χ0n) is 4.39. The number of rotatable bonds is 2. The van der Waals surface area contributed by atoms with E-state index in [-0.39, 0.29) is 13.2 Å². The van der Waals surface area contributed by atoms with Gasteiger partial charge in [-0.3, -0.25) is 4.79 Å². The highest BCUT2D eigenvalue weighted by Crippen LogP contribution is 1.70. The molecule has 0 unspecified atom stereocenters. The molecule has 0 aromatic carbocycles. The lowest BCUT2D eigenvalue weighted by Crippen LogP contribution is -2.16. The molecule has 44 valence electrons. The highest BCUT2D eigenvalue weighted by Gasteiger charge is 1.92. The molecule has 0 aromatic rings. The van der Waals surface area contributed by atoms with Gasteiger partial charge in [0.1, 0.15) is 0 Å². The Bertz CT molecular complexity index is 114. The summed E-state index contributed by atoms with van der Waals surface area (Å²) < 4.78 is 4.34. The van der Waals surface area contributed by atoms with Crippen molar-refractivity contribution >= 4 is 5.97 Å². The van der Waals surface area contributed by atoms with Crippen LogP contribution in [0.15, 0.2) is 0 Å². The first-order chi connectivity index (χ1) is 3.81. The third kappa shape index (κ3) is 3.19. The number of carbonyl (C=O) groups excluding carboxylic acids is 1. The molecule has 0 radical (unpaired) electrons. The molecule has 0 aliphatic carbocycles. The molecular formula is C5H7NO2. The van der Waals surface area contributed by atoms with Crippen LogP contribution in [0.2, 0.25) is 0 Å². The summed E-state index contributed by atoms with van der Waals surface area (Å²) in [4.78, 5) is 10.1. The molecule has 0 saturated carbocycles. The number of terminal acetylenes is 1. The Kier molecular flexibility index (Phi) is 3.63. The summed E-state index contributed by atoms with van der Waals surface area (Å²) in [5.74, 6) is 1.66.